The van der Waals surface area contributed by atoms with E-state index < -0.39 is 71.7 Å². The number of hydrogen-bond donors (Lipinski definition) is 6. The van der Waals surface area contributed by atoms with Crippen LogP contribution < -0.4 is 0 Å². The number of fused-ring (bicyclic) bond motifs is 4. The molecule has 0 amide bonds. The van der Waals surface area contributed by atoms with Gasteiger partial charge in [-0.3, -0.25) is 4.79 Å². The lowest BCUT2D eigenvalue weighted by atomic mass is 9.42. The van der Waals surface area contributed by atoms with Crippen LogP contribution in [-0.4, -0.2) is 91.9 Å². The Labute approximate surface area is 272 Å². The third kappa shape index (κ3) is 5.26. The average molecular weight is 649 g/mol. The Morgan fingerprint density at radius 1 is 1.02 bits per heavy atom. The Balaban J connectivity index is 1.59. The van der Waals surface area contributed by atoms with E-state index in [4.69, 9.17) is 9.47 Å². The molecule has 13 unspecified atom stereocenters. The summed E-state index contributed by atoms with van der Waals surface area (Å²) in [6.45, 7) is 13.9. The van der Waals surface area contributed by atoms with Gasteiger partial charge in [0, 0.05) is 28.4 Å². The van der Waals surface area contributed by atoms with E-state index in [9.17, 15) is 40.2 Å². The van der Waals surface area contributed by atoms with Gasteiger partial charge in [0.25, 0.3) is 0 Å². The van der Waals surface area contributed by atoms with Gasteiger partial charge >= 0.3 is 5.97 Å². The zero-order valence-electron chi connectivity index (χ0n) is 28.5. The molecule has 10 heteroatoms. The second-order valence-electron chi connectivity index (χ2n) is 16.4. The molecule has 1 aliphatic heterocycles. The number of carboxylic acid groups (broad SMARTS) is 1. The SMILES string of the molecule is CC(=CCCC(C)C1CCC2(C)C3=C(CC(OC4OC(CO)C(O)C(O)C4O)C12C)C1(C)CCC(O)C(C)(C)C1CC3=O)C(=O)O. The summed E-state index contributed by atoms with van der Waals surface area (Å²) in [5.41, 5.74) is 0.278. The molecule has 13 atom stereocenters. The number of rotatable bonds is 8. The molecule has 0 radical (unpaired) electrons. The molecule has 2 saturated carbocycles. The number of carbonyl (C=O) groups is 2. The summed E-state index contributed by atoms with van der Waals surface area (Å²) in [6, 6.07) is 0. The smallest absolute Gasteiger partial charge is 0.330 e. The van der Waals surface area contributed by atoms with E-state index in [1.807, 2.05) is 0 Å². The number of aliphatic carboxylic acids is 1. The van der Waals surface area contributed by atoms with Crippen molar-refractivity contribution in [2.45, 2.75) is 143 Å². The van der Waals surface area contributed by atoms with Crippen LogP contribution in [0.3, 0.4) is 0 Å². The fraction of sp³-hybridized carbons (Fsp3) is 0.833. The molecule has 5 rings (SSSR count). The highest BCUT2D eigenvalue weighted by Crippen LogP contribution is 2.72. The first-order valence-corrected chi connectivity index (χ1v) is 17.2. The highest BCUT2D eigenvalue weighted by molar-refractivity contribution is 5.99. The van der Waals surface area contributed by atoms with Gasteiger partial charge < -0.3 is 40.1 Å². The maximum Gasteiger partial charge on any atom is 0.330 e. The molecule has 0 aromatic carbocycles. The molecule has 0 aromatic heterocycles. The molecule has 46 heavy (non-hydrogen) atoms. The second kappa shape index (κ2) is 12.3. The highest BCUT2D eigenvalue weighted by Gasteiger charge is 2.69. The van der Waals surface area contributed by atoms with E-state index >= 15 is 0 Å². The second-order valence-corrected chi connectivity index (χ2v) is 16.4. The summed E-state index contributed by atoms with van der Waals surface area (Å²) in [6.07, 6.45) is -1.25. The Kier molecular flexibility index (Phi) is 9.56. The van der Waals surface area contributed by atoms with Crippen molar-refractivity contribution in [2.75, 3.05) is 6.61 Å². The van der Waals surface area contributed by atoms with Gasteiger partial charge in [0.1, 0.15) is 24.4 Å². The Bertz CT molecular complexity index is 1270. The molecular formula is C36H56O10. The van der Waals surface area contributed by atoms with E-state index in [1.54, 1.807) is 13.0 Å². The summed E-state index contributed by atoms with van der Waals surface area (Å²) < 4.78 is 12.7. The number of ketones is 1. The number of allylic oxidation sites excluding steroid dienone is 2. The standard InChI is InChI=1S/C36H56O10/c1-18(9-8-10-19(2)31(43)44)20-11-14-35(6)27-21(34(5)13-12-25(39)33(3,4)24(34)16-22(27)38)15-26(36(20,35)7)46-32-30(42)29(41)28(40)23(17-37)45-32/h10,18,20,23-26,28-30,32,37,39-42H,8-9,11-17H2,1-7H3,(H,43,44). The lowest BCUT2D eigenvalue weighted by Crippen LogP contribution is -2.63. The first-order valence-electron chi connectivity index (χ1n) is 17.2. The van der Waals surface area contributed by atoms with Crippen molar-refractivity contribution in [3.05, 3.63) is 22.8 Å². The molecule has 6 N–H and O–H groups in total. The Morgan fingerprint density at radius 2 is 1.70 bits per heavy atom. The van der Waals surface area contributed by atoms with Gasteiger partial charge in [-0.25, -0.2) is 4.79 Å². The monoisotopic (exact) mass is 648 g/mol. The zero-order valence-corrected chi connectivity index (χ0v) is 28.5. The number of aliphatic hydroxyl groups is 5. The van der Waals surface area contributed by atoms with Crippen molar-refractivity contribution >= 4 is 11.8 Å². The van der Waals surface area contributed by atoms with Gasteiger partial charge in [-0.05, 0) is 80.5 Å². The van der Waals surface area contributed by atoms with E-state index in [-0.39, 0.29) is 29.0 Å². The highest BCUT2D eigenvalue weighted by atomic mass is 16.7. The topological polar surface area (TPSA) is 174 Å². The van der Waals surface area contributed by atoms with Gasteiger partial charge in [0.05, 0.1) is 18.8 Å². The van der Waals surface area contributed by atoms with E-state index in [0.717, 1.165) is 36.8 Å². The minimum absolute atomic E-state index is 0.0590. The Morgan fingerprint density at radius 3 is 2.33 bits per heavy atom. The van der Waals surface area contributed by atoms with Crippen molar-refractivity contribution in [2.24, 2.45) is 39.4 Å². The number of Topliss-reactive ketones (excluding diaryl/α,β-unsaturated/α-hetero) is 1. The molecule has 5 aliphatic rings. The Hall–Kier alpha value is -1.66. The van der Waals surface area contributed by atoms with E-state index in [2.05, 4.69) is 41.5 Å². The summed E-state index contributed by atoms with van der Waals surface area (Å²) in [5, 5.41) is 62.4. The van der Waals surface area contributed by atoms with Crippen LogP contribution in [0.15, 0.2) is 22.8 Å². The van der Waals surface area contributed by atoms with Crippen LogP contribution in [0, 0.1) is 39.4 Å². The molecule has 0 spiro atoms. The van der Waals surface area contributed by atoms with Crippen molar-refractivity contribution < 1.29 is 49.7 Å². The summed E-state index contributed by atoms with van der Waals surface area (Å²) >= 11 is 0. The summed E-state index contributed by atoms with van der Waals surface area (Å²) in [7, 11) is 0. The maximum absolute atomic E-state index is 14.4. The summed E-state index contributed by atoms with van der Waals surface area (Å²) in [5.74, 6) is -0.625. The van der Waals surface area contributed by atoms with Crippen LogP contribution in [0.25, 0.3) is 0 Å². The number of hydrogen-bond acceptors (Lipinski definition) is 9. The zero-order chi connectivity index (χ0) is 34.1. The molecule has 0 aromatic rings. The van der Waals surface area contributed by atoms with Crippen LogP contribution in [0.2, 0.25) is 0 Å². The summed E-state index contributed by atoms with van der Waals surface area (Å²) in [4.78, 5) is 25.8. The van der Waals surface area contributed by atoms with Gasteiger partial charge in [-0.15, -0.1) is 0 Å². The van der Waals surface area contributed by atoms with Crippen LogP contribution in [0.1, 0.15) is 99.8 Å². The average Bonchev–Trinajstić information content (AvgIpc) is 3.28. The molecule has 10 nitrogen and oxygen atoms in total. The molecule has 1 saturated heterocycles. The van der Waals surface area contributed by atoms with Gasteiger partial charge in [-0.1, -0.05) is 53.2 Å². The molecule has 1 heterocycles. The fourth-order valence-electron chi connectivity index (χ4n) is 10.7. The van der Waals surface area contributed by atoms with Gasteiger partial charge in [-0.2, -0.15) is 0 Å². The largest absolute Gasteiger partial charge is 0.478 e. The van der Waals surface area contributed by atoms with Crippen molar-refractivity contribution in [1.29, 1.82) is 0 Å². The minimum atomic E-state index is -1.57. The first-order chi connectivity index (χ1) is 21.4. The predicted octanol–water partition coefficient (Wildman–Crippen LogP) is 3.52. The van der Waals surface area contributed by atoms with Crippen molar-refractivity contribution in [3.63, 3.8) is 0 Å². The first kappa shape index (κ1) is 35.6. The molecule has 4 aliphatic carbocycles. The van der Waals surface area contributed by atoms with Crippen LogP contribution in [0.4, 0.5) is 0 Å². The molecule has 0 bridgehead atoms. The minimum Gasteiger partial charge on any atom is -0.478 e. The number of carbonyl (C=O) groups excluding carboxylic acids is 1. The lowest BCUT2D eigenvalue weighted by molar-refractivity contribution is -0.325. The lowest BCUT2D eigenvalue weighted by Gasteiger charge is -2.63. The van der Waals surface area contributed by atoms with Crippen LogP contribution in [0.5, 0.6) is 0 Å². The van der Waals surface area contributed by atoms with Crippen molar-refractivity contribution in [3.8, 4) is 0 Å². The molecule has 260 valence electrons. The molecular weight excluding hydrogens is 592 g/mol. The van der Waals surface area contributed by atoms with Crippen molar-refractivity contribution in [1.82, 2.24) is 0 Å². The predicted molar refractivity (Wildman–Crippen MR) is 169 cm³/mol. The van der Waals surface area contributed by atoms with Gasteiger partial charge in [0.15, 0.2) is 12.1 Å². The third-order valence-electron chi connectivity index (χ3n) is 13.9. The number of aliphatic hydroxyl groups excluding tert-OH is 5. The van der Waals surface area contributed by atoms with E-state index in [1.165, 1.54) is 0 Å². The van der Waals surface area contributed by atoms with Gasteiger partial charge in [0.2, 0.25) is 0 Å². The normalized spacial score (nSPS) is 46.4. The van der Waals surface area contributed by atoms with Crippen LogP contribution in [-0.2, 0) is 19.1 Å². The maximum atomic E-state index is 14.4. The third-order valence-corrected chi connectivity index (χ3v) is 13.9. The quantitative estimate of drug-likeness (QED) is 0.214. The molecule has 3 fully saturated rings. The van der Waals surface area contributed by atoms with Crippen LogP contribution >= 0.6 is 0 Å². The fourth-order valence-corrected chi connectivity index (χ4v) is 10.7. The number of ether oxygens (including phenoxy) is 2. The van der Waals surface area contributed by atoms with E-state index in [0.29, 0.717) is 31.3 Å². The number of carboxylic acids is 1.